The van der Waals surface area contributed by atoms with E-state index in [0.717, 1.165) is 25.7 Å². The molecule has 0 bridgehead atoms. The number of hydrogen-bond acceptors (Lipinski definition) is 2. The molecule has 1 saturated heterocycles. The Morgan fingerprint density at radius 1 is 1.00 bits per heavy atom. The van der Waals surface area contributed by atoms with Crippen LogP contribution in [-0.2, 0) is 0 Å². The molecule has 2 aliphatic rings. The summed E-state index contributed by atoms with van der Waals surface area (Å²) in [7, 11) is 0. The lowest BCUT2D eigenvalue weighted by Gasteiger charge is -2.33. The van der Waals surface area contributed by atoms with Gasteiger partial charge in [-0.25, -0.2) is 9.18 Å². The van der Waals surface area contributed by atoms with Crippen LogP contribution in [0.15, 0.2) is 18.2 Å². The molecule has 1 heterocycles. The summed E-state index contributed by atoms with van der Waals surface area (Å²) in [5.41, 5.74) is 0.536. The molecule has 142 valence electrons. The highest BCUT2D eigenvalue weighted by Gasteiger charge is 2.26. The summed E-state index contributed by atoms with van der Waals surface area (Å²) in [6.45, 7) is 1.20. The maximum Gasteiger partial charge on any atom is 0.315 e. The molecule has 7 heteroatoms. The summed E-state index contributed by atoms with van der Waals surface area (Å²) in [5, 5.41) is 6.12. The van der Waals surface area contributed by atoms with Gasteiger partial charge in [0, 0.05) is 28.7 Å². The fourth-order valence-electron chi connectivity index (χ4n) is 3.72. The zero-order valence-corrected chi connectivity index (χ0v) is 16.9. The SMILES string of the molecule is O=C(NC1CCCCC1)NC1CCN(C(=O)c2ccc(F)cc2I)CC1. The van der Waals surface area contributed by atoms with E-state index in [1.807, 2.05) is 22.6 Å². The summed E-state index contributed by atoms with van der Waals surface area (Å²) < 4.78 is 13.8. The number of urea groups is 1. The van der Waals surface area contributed by atoms with E-state index in [-0.39, 0.29) is 23.8 Å². The van der Waals surface area contributed by atoms with Gasteiger partial charge in [-0.1, -0.05) is 19.3 Å². The fourth-order valence-corrected chi connectivity index (χ4v) is 4.43. The number of amides is 3. The van der Waals surface area contributed by atoms with Crippen molar-refractivity contribution in [1.29, 1.82) is 0 Å². The highest BCUT2D eigenvalue weighted by Crippen LogP contribution is 2.20. The first-order valence-electron chi connectivity index (χ1n) is 9.34. The van der Waals surface area contributed by atoms with Gasteiger partial charge in [0.15, 0.2) is 0 Å². The Hall–Kier alpha value is -1.38. The summed E-state index contributed by atoms with van der Waals surface area (Å²) in [6, 6.07) is 4.54. The van der Waals surface area contributed by atoms with E-state index in [0.29, 0.717) is 28.3 Å². The first kappa shape index (κ1) is 19.4. The molecule has 1 aromatic rings. The Kier molecular flexibility index (Phi) is 6.72. The second-order valence-electron chi connectivity index (χ2n) is 7.14. The molecule has 0 spiro atoms. The number of halogens is 2. The Labute approximate surface area is 167 Å². The number of rotatable bonds is 3. The topological polar surface area (TPSA) is 61.4 Å². The number of nitrogens with one attached hydrogen (secondary N) is 2. The summed E-state index contributed by atoms with van der Waals surface area (Å²) >= 11 is 1.99. The van der Waals surface area contributed by atoms with Crippen LogP contribution in [0, 0.1) is 9.39 Å². The minimum Gasteiger partial charge on any atom is -0.338 e. The van der Waals surface area contributed by atoms with Crippen molar-refractivity contribution in [1.82, 2.24) is 15.5 Å². The average molecular weight is 473 g/mol. The third-order valence-electron chi connectivity index (χ3n) is 5.22. The van der Waals surface area contributed by atoms with Crippen molar-refractivity contribution in [2.75, 3.05) is 13.1 Å². The van der Waals surface area contributed by atoms with E-state index in [1.165, 1.54) is 31.4 Å². The van der Waals surface area contributed by atoms with Gasteiger partial charge in [0.25, 0.3) is 5.91 Å². The molecule has 26 heavy (non-hydrogen) atoms. The number of nitrogens with zero attached hydrogens (tertiary/aromatic N) is 1. The van der Waals surface area contributed by atoms with Gasteiger partial charge in [-0.2, -0.15) is 0 Å². The Morgan fingerprint density at radius 3 is 2.23 bits per heavy atom. The summed E-state index contributed by atoms with van der Waals surface area (Å²) in [6.07, 6.45) is 7.25. The first-order valence-corrected chi connectivity index (χ1v) is 10.4. The molecule has 1 saturated carbocycles. The highest BCUT2D eigenvalue weighted by molar-refractivity contribution is 14.1. The van der Waals surface area contributed by atoms with Crippen LogP contribution < -0.4 is 10.6 Å². The minimum absolute atomic E-state index is 0.0699. The van der Waals surface area contributed by atoms with Gasteiger partial charge < -0.3 is 15.5 Å². The lowest BCUT2D eigenvalue weighted by molar-refractivity contribution is 0.0707. The molecule has 2 fully saturated rings. The second-order valence-corrected chi connectivity index (χ2v) is 8.31. The Morgan fingerprint density at radius 2 is 1.62 bits per heavy atom. The molecule has 2 N–H and O–H groups in total. The van der Waals surface area contributed by atoms with Crippen LogP contribution in [0.3, 0.4) is 0 Å². The van der Waals surface area contributed by atoms with Gasteiger partial charge in [-0.3, -0.25) is 4.79 Å². The van der Waals surface area contributed by atoms with Gasteiger partial charge in [-0.05, 0) is 66.5 Å². The predicted molar refractivity (Wildman–Crippen MR) is 107 cm³/mol. The number of hydrogen-bond donors (Lipinski definition) is 2. The monoisotopic (exact) mass is 473 g/mol. The number of likely N-dealkylation sites (tertiary alicyclic amines) is 1. The number of piperidine rings is 1. The van der Waals surface area contributed by atoms with Crippen LogP contribution in [0.4, 0.5) is 9.18 Å². The smallest absolute Gasteiger partial charge is 0.315 e. The molecule has 1 aliphatic heterocycles. The maximum atomic E-state index is 13.2. The van der Waals surface area contributed by atoms with Gasteiger partial charge >= 0.3 is 6.03 Å². The van der Waals surface area contributed by atoms with Crippen molar-refractivity contribution < 1.29 is 14.0 Å². The van der Waals surface area contributed by atoms with Crippen LogP contribution in [0.2, 0.25) is 0 Å². The van der Waals surface area contributed by atoms with E-state index < -0.39 is 0 Å². The second kappa shape index (κ2) is 9.01. The van der Waals surface area contributed by atoms with E-state index >= 15 is 0 Å². The average Bonchev–Trinajstić information content (AvgIpc) is 2.62. The van der Waals surface area contributed by atoms with Crippen LogP contribution >= 0.6 is 22.6 Å². The van der Waals surface area contributed by atoms with E-state index in [4.69, 9.17) is 0 Å². The molecule has 1 aliphatic carbocycles. The third-order valence-corrected chi connectivity index (χ3v) is 6.11. The number of benzene rings is 1. The van der Waals surface area contributed by atoms with Crippen LogP contribution in [0.25, 0.3) is 0 Å². The molecule has 0 radical (unpaired) electrons. The quantitative estimate of drug-likeness (QED) is 0.659. The lowest BCUT2D eigenvalue weighted by atomic mass is 9.96. The fraction of sp³-hybridized carbons (Fsp3) is 0.579. The van der Waals surface area contributed by atoms with Crippen LogP contribution in [0.1, 0.15) is 55.3 Å². The minimum atomic E-state index is -0.335. The van der Waals surface area contributed by atoms with Crippen molar-refractivity contribution in [3.63, 3.8) is 0 Å². The Balaban J connectivity index is 1.46. The summed E-state index contributed by atoms with van der Waals surface area (Å²) in [4.78, 5) is 26.6. The predicted octanol–water partition coefficient (Wildman–Crippen LogP) is 3.67. The molecule has 3 rings (SSSR count). The van der Waals surface area contributed by atoms with E-state index in [2.05, 4.69) is 10.6 Å². The van der Waals surface area contributed by atoms with Crippen molar-refractivity contribution in [2.24, 2.45) is 0 Å². The maximum absolute atomic E-state index is 13.2. The zero-order chi connectivity index (χ0) is 18.5. The molecule has 0 unspecified atom stereocenters. The first-order chi connectivity index (χ1) is 12.5. The molecule has 3 amide bonds. The van der Waals surface area contributed by atoms with Crippen LogP contribution in [-0.4, -0.2) is 42.0 Å². The molecular formula is C19H25FIN3O2. The molecule has 1 aromatic carbocycles. The van der Waals surface area contributed by atoms with Crippen molar-refractivity contribution in [3.05, 3.63) is 33.1 Å². The number of carbonyl (C=O) groups excluding carboxylic acids is 2. The van der Waals surface area contributed by atoms with Gasteiger partial charge in [0.05, 0.1) is 5.56 Å². The number of carbonyl (C=O) groups is 2. The lowest BCUT2D eigenvalue weighted by Crippen LogP contribution is -2.51. The highest BCUT2D eigenvalue weighted by atomic mass is 127. The Bertz CT molecular complexity index is 656. The van der Waals surface area contributed by atoms with E-state index in [9.17, 15) is 14.0 Å². The molecular weight excluding hydrogens is 448 g/mol. The zero-order valence-electron chi connectivity index (χ0n) is 14.8. The molecule has 0 atom stereocenters. The molecule has 5 nitrogen and oxygen atoms in total. The van der Waals surface area contributed by atoms with Gasteiger partial charge in [0.2, 0.25) is 0 Å². The molecule has 0 aromatic heterocycles. The largest absolute Gasteiger partial charge is 0.338 e. The van der Waals surface area contributed by atoms with Crippen molar-refractivity contribution >= 4 is 34.5 Å². The standard InChI is InChI=1S/C19H25FIN3O2/c20-13-6-7-16(17(21)12-13)18(25)24-10-8-15(9-11-24)23-19(26)22-14-4-2-1-3-5-14/h6-7,12,14-15H,1-5,8-11H2,(H2,22,23,26). The van der Waals surface area contributed by atoms with E-state index in [1.54, 1.807) is 11.0 Å². The van der Waals surface area contributed by atoms with Gasteiger partial charge in [0.1, 0.15) is 5.82 Å². The van der Waals surface area contributed by atoms with Crippen molar-refractivity contribution in [3.8, 4) is 0 Å². The summed E-state index contributed by atoms with van der Waals surface area (Å²) in [5.74, 6) is -0.405. The normalized spacial score (nSPS) is 19.2. The van der Waals surface area contributed by atoms with Crippen molar-refractivity contribution in [2.45, 2.75) is 57.0 Å². The third kappa shape index (κ3) is 5.08. The van der Waals surface area contributed by atoms with Crippen LogP contribution in [0.5, 0.6) is 0 Å². The van der Waals surface area contributed by atoms with Gasteiger partial charge in [-0.15, -0.1) is 0 Å².